The summed E-state index contributed by atoms with van der Waals surface area (Å²) in [4.78, 5) is 14.7. The van der Waals surface area contributed by atoms with Crippen molar-refractivity contribution in [1.82, 2.24) is 4.98 Å². The fourth-order valence-corrected chi connectivity index (χ4v) is 1.62. The van der Waals surface area contributed by atoms with Gasteiger partial charge >= 0.3 is 5.97 Å². The van der Waals surface area contributed by atoms with Crippen LogP contribution >= 0.6 is 0 Å². The van der Waals surface area contributed by atoms with E-state index in [1.54, 1.807) is 12.4 Å². The lowest BCUT2D eigenvalue weighted by Gasteiger charge is -1.98. The van der Waals surface area contributed by atoms with Crippen LogP contribution in [-0.4, -0.2) is 16.1 Å². The molecule has 3 nitrogen and oxygen atoms in total. The molecule has 3 heteroatoms. The molecular weight excluding hydrogens is 166 g/mol. The number of hydrogen-bond donors (Lipinski definition) is 1. The third kappa shape index (κ3) is 1.54. The van der Waals surface area contributed by atoms with E-state index < -0.39 is 5.97 Å². The summed E-state index contributed by atoms with van der Waals surface area (Å²) >= 11 is 0. The first-order chi connectivity index (χ1) is 6.18. The second kappa shape index (κ2) is 2.83. The molecule has 13 heavy (non-hydrogen) atoms. The van der Waals surface area contributed by atoms with Gasteiger partial charge < -0.3 is 5.11 Å². The van der Waals surface area contributed by atoms with E-state index in [4.69, 9.17) is 5.11 Å². The van der Waals surface area contributed by atoms with Crippen LogP contribution in [0.25, 0.3) is 0 Å². The molecule has 0 bridgehead atoms. The van der Waals surface area contributed by atoms with E-state index in [1.807, 2.05) is 13.0 Å². The largest absolute Gasteiger partial charge is 0.481 e. The number of carboxylic acid groups (broad SMARTS) is 1. The Balaban J connectivity index is 2.16. The summed E-state index contributed by atoms with van der Waals surface area (Å²) in [5.41, 5.74) is 2.15. The Morgan fingerprint density at radius 3 is 2.92 bits per heavy atom. The fraction of sp³-hybridized carbons (Fsp3) is 0.400. The molecule has 0 saturated heterocycles. The predicted molar refractivity (Wildman–Crippen MR) is 47.5 cm³/mol. The van der Waals surface area contributed by atoms with Crippen LogP contribution in [0.2, 0.25) is 0 Å². The molecule has 0 radical (unpaired) electrons. The van der Waals surface area contributed by atoms with Crippen molar-refractivity contribution in [2.24, 2.45) is 5.92 Å². The zero-order valence-electron chi connectivity index (χ0n) is 7.40. The highest BCUT2D eigenvalue weighted by molar-refractivity contribution is 5.75. The van der Waals surface area contributed by atoms with Gasteiger partial charge in [0.1, 0.15) is 0 Å². The fourth-order valence-electron chi connectivity index (χ4n) is 1.62. The maximum atomic E-state index is 10.6. The summed E-state index contributed by atoms with van der Waals surface area (Å²) in [5, 5.41) is 8.73. The Kier molecular flexibility index (Phi) is 1.79. The van der Waals surface area contributed by atoms with Crippen molar-refractivity contribution in [2.45, 2.75) is 19.3 Å². The summed E-state index contributed by atoms with van der Waals surface area (Å²) in [5.74, 6) is -0.667. The first-order valence-electron chi connectivity index (χ1n) is 4.33. The lowest BCUT2D eigenvalue weighted by atomic mass is 10.1. The van der Waals surface area contributed by atoms with Crippen LogP contribution < -0.4 is 0 Å². The summed E-state index contributed by atoms with van der Waals surface area (Å²) in [7, 11) is 0. The molecule has 0 aliphatic heterocycles. The first kappa shape index (κ1) is 8.23. The zero-order valence-corrected chi connectivity index (χ0v) is 7.40. The number of carbonyl (C=O) groups is 1. The molecule has 1 aromatic heterocycles. The van der Waals surface area contributed by atoms with Crippen LogP contribution in [0.15, 0.2) is 18.5 Å². The van der Waals surface area contributed by atoms with Gasteiger partial charge in [-0.25, -0.2) is 0 Å². The van der Waals surface area contributed by atoms with Gasteiger partial charge in [-0.15, -0.1) is 0 Å². The van der Waals surface area contributed by atoms with Gasteiger partial charge in [0.25, 0.3) is 0 Å². The molecule has 68 valence electrons. The van der Waals surface area contributed by atoms with Crippen LogP contribution in [-0.2, 0) is 4.79 Å². The number of rotatable bonds is 2. The van der Waals surface area contributed by atoms with Crippen LogP contribution in [0.1, 0.15) is 23.5 Å². The Morgan fingerprint density at radius 2 is 2.38 bits per heavy atom. The Morgan fingerprint density at radius 1 is 1.62 bits per heavy atom. The number of pyridine rings is 1. The second-order valence-electron chi connectivity index (χ2n) is 3.58. The average Bonchev–Trinajstić information content (AvgIpc) is 2.82. The topological polar surface area (TPSA) is 50.2 Å². The number of carboxylic acids is 1. The van der Waals surface area contributed by atoms with Crippen molar-refractivity contribution in [3.63, 3.8) is 0 Å². The molecule has 2 rings (SSSR count). The van der Waals surface area contributed by atoms with Crippen LogP contribution in [0.4, 0.5) is 0 Å². The zero-order chi connectivity index (χ0) is 9.42. The van der Waals surface area contributed by atoms with Crippen LogP contribution in [0.5, 0.6) is 0 Å². The van der Waals surface area contributed by atoms with Gasteiger partial charge in [0, 0.05) is 12.4 Å². The molecule has 2 atom stereocenters. The van der Waals surface area contributed by atoms with Crippen molar-refractivity contribution >= 4 is 5.97 Å². The van der Waals surface area contributed by atoms with Crippen LogP contribution in [0, 0.1) is 12.8 Å². The highest BCUT2D eigenvalue weighted by Gasteiger charge is 2.44. The molecule has 1 saturated carbocycles. The monoisotopic (exact) mass is 177 g/mol. The third-order valence-corrected chi connectivity index (χ3v) is 2.43. The molecular formula is C10H11NO2. The second-order valence-corrected chi connectivity index (χ2v) is 3.58. The number of aliphatic carboxylic acids is 1. The highest BCUT2D eigenvalue weighted by Crippen LogP contribution is 2.47. The van der Waals surface area contributed by atoms with E-state index in [1.165, 1.54) is 0 Å². The van der Waals surface area contributed by atoms with E-state index in [0.717, 1.165) is 17.5 Å². The highest BCUT2D eigenvalue weighted by atomic mass is 16.4. The maximum absolute atomic E-state index is 10.6. The number of nitrogens with zero attached hydrogens (tertiary/aromatic N) is 1. The van der Waals surface area contributed by atoms with Gasteiger partial charge in [-0.05, 0) is 30.4 Å². The van der Waals surface area contributed by atoms with Gasteiger partial charge in [0.2, 0.25) is 0 Å². The lowest BCUT2D eigenvalue weighted by molar-refractivity contribution is -0.138. The van der Waals surface area contributed by atoms with Crippen molar-refractivity contribution in [3.8, 4) is 0 Å². The Hall–Kier alpha value is -1.38. The van der Waals surface area contributed by atoms with E-state index in [9.17, 15) is 4.79 Å². The predicted octanol–water partition coefficient (Wildman–Crippen LogP) is 1.58. The van der Waals surface area contributed by atoms with Gasteiger partial charge in [-0.1, -0.05) is 6.07 Å². The van der Waals surface area contributed by atoms with E-state index in [-0.39, 0.29) is 11.8 Å². The molecule has 1 heterocycles. The normalized spacial score (nSPS) is 25.6. The lowest BCUT2D eigenvalue weighted by Crippen LogP contribution is -1.99. The molecule has 0 spiro atoms. The van der Waals surface area contributed by atoms with Gasteiger partial charge in [-0.3, -0.25) is 9.78 Å². The molecule has 0 unspecified atom stereocenters. The van der Waals surface area contributed by atoms with Gasteiger partial charge in [0.05, 0.1) is 5.92 Å². The summed E-state index contributed by atoms with van der Waals surface area (Å²) < 4.78 is 0. The SMILES string of the molecule is Cc1cncc([C@H]2C[C@@H]2C(=O)O)c1. The number of hydrogen-bond acceptors (Lipinski definition) is 2. The average molecular weight is 177 g/mol. The van der Waals surface area contributed by atoms with Gasteiger partial charge in [-0.2, -0.15) is 0 Å². The van der Waals surface area contributed by atoms with Crippen molar-refractivity contribution in [1.29, 1.82) is 0 Å². The standard InChI is InChI=1S/C10H11NO2/c1-6-2-7(5-11-4-6)8-3-9(8)10(12)13/h2,4-5,8-9H,3H2,1H3,(H,12,13)/t8-,9+/m1/s1. The van der Waals surface area contributed by atoms with Crippen molar-refractivity contribution in [2.75, 3.05) is 0 Å². The summed E-state index contributed by atoms with van der Waals surface area (Å²) in [6.07, 6.45) is 4.31. The molecule has 0 aromatic carbocycles. The Bertz CT molecular complexity index is 349. The number of aryl methyl sites for hydroxylation is 1. The Labute approximate surface area is 76.4 Å². The molecule has 1 aliphatic carbocycles. The van der Waals surface area contributed by atoms with Gasteiger partial charge in [0.15, 0.2) is 0 Å². The molecule has 0 amide bonds. The maximum Gasteiger partial charge on any atom is 0.307 e. The molecule has 1 N–H and O–H groups in total. The minimum absolute atomic E-state index is 0.177. The molecule has 1 fully saturated rings. The minimum atomic E-state index is -0.688. The number of aromatic nitrogens is 1. The van der Waals surface area contributed by atoms with Crippen molar-refractivity contribution in [3.05, 3.63) is 29.6 Å². The van der Waals surface area contributed by atoms with E-state index >= 15 is 0 Å². The van der Waals surface area contributed by atoms with E-state index in [2.05, 4.69) is 4.98 Å². The first-order valence-corrected chi connectivity index (χ1v) is 4.33. The quantitative estimate of drug-likeness (QED) is 0.746. The molecule has 1 aliphatic rings. The van der Waals surface area contributed by atoms with Crippen LogP contribution in [0.3, 0.4) is 0 Å². The third-order valence-electron chi connectivity index (χ3n) is 2.43. The minimum Gasteiger partial charge on any atom is -0.481 e. The summed E-state index contributed by atoms with van der Waals surface area (Å²) in [6.45, 7) is 1.97. The molecule has 1 aromatic rings. The van der Waals surface area contributed by atoms with E-state index in [0.29, 0.717) is 0 Å². The summed E-state index contributed by atoms with van der Waals surface area (Å²) in [6, 6.07) is 2.01. The van der Waals surface area contributed by atoms with Crippen molar-refractivity contribution < 1.29 is 9.90 Å². The smallest absolute Gasteiger partial charge is 0.307 e.